The van der Waals surface area contributed by atoms with Gasteiger partial charge in [0.15, 0.2) is 0 Å². The highest BCUT2D eigenvalue weighted by Gasteiger charge is 2.21. The molecule has 2 aromatic carbocycles. The predicted octanol–water partition coefficient (Wildman–Crippen LogP) is 7.66. The number of azo groups is 1. The largest absolute Gasteiger partial charge is 0.494 e. The highest BCUT2D eigenvalue weighted by Crippen LogP contribution is 2.41. The highest BCUT2D eigenvalue weighted by molar-refractivity contribution is 5.95. The highest BCUT2D eigenvalue weighted by atomic mass is 16.5. The number of methoxy groups -OCH3 is 1. The summed E-state index contributed by atoms with van der Waals surface area (Å²) in [5.74, 6) is -0.681. The minimum atomic E-state index is -0.493. The van der Waals surface area contributed by atoms with E-state index >= 15 is 0 Å². The number of amides is 1. The van der Waals surface area contributed by atoms with Crippen LogP contribution in [0, 0.1) is 34.0 Å². The van der Waals surface area contributed by atoms with Crippen LogP contribution in [0.3, 0.4) is 0 Å². The van der Waals surface area contributed by atoms with E-state index in [9.17, 15) is 24.9 Å². The molecule has 1 amide bonds. The van der Waals surface area contributed by atoms with Gasteiger partial charge in [0.2, 0.25) is 5.91 Å². The number of hydrogen-bond donors (Lipinski definition) is 2. The van der Waals surface area contributed by atoms with Gasteiger partial charge in [0.25, 0.3) is 0 Å². The molecule has 3 N–H and O–H groups in total. The number of carbonyl (C=O) groups excluding carboxylic acids is 3. The number of hydrogen-bond acceptors (Lipinski definition) is 12. The van der Waals surface area contributed by atoms with Crippen LogP contribution in [-0.2, 0) is 23.9 Å². The van der Waals surface area contributed by atoms with Crippen LogP contribution in [0.4, 0.5) is 28.4 Å². The molecule has 0 aliphatic carbocycles. The maximum Gasteiger partial charge on any atom is 0.330 e. The molecule has 0 radical (unpaired) electrons. The van der Waals surface area contributed by atoms with Crippen molar-refractivity contribution in [3.63, 3.8) is 0 Å². The zero-order valence-electron chi connectivity index (χ0n) is 30.3. The second kappa shape index (κ2) is 20.7. The quantitative estimate of drug-likeness (QED) is 0.0456. The third-order valence-electron chi connectivity index (χ3n) is 7.50. The summed E-state index contributed by atoms with van der Waals surface area (Å²) in [7, 11) is 1.51. The van der Waals surface area contributed by atoms with Gasteiger partial charge in [0.05, 0.1) is 42.8 Å². The van der Waals surface area contributed by atoms with Crippen molar-refractivity contribution >= 4 is 46.3 Å². The van der Waals surface area contributed by atoms with Crippen LogP contribution in [0.25, 0.3) is 0 Å². The first-order chi connectivity index (χ1) is 24.2. The number of nitriles is 2. The van der Waals surface area contributed by atoms with Gasteiger partial charge >= 0.3 is 11.9 Å². The summed E-state index contributed by atoms with van der Waals surface area (Å²) in [6, 6.07) is 10.2. The molecule has 1 atom stereocenters. The first-order valence-corrected chi connectivity index (χ1v) is 16.8. The summed E-state index contributed by atoms with van der Waals surface area (Å²) >= 11 is 0. The van der Waals surface area contributed by atoms with E-state index in [0.717, 1.165) is 18.6 Å². The summed E-state index contributed by atoms with van der Waals surface area (Å²) in [4.78, 5) is 38.5. The van der Waals surface area contributed by atoms with Gasteiger partial charge in [-0.15, -0.1) is 10.2 Å². The molecule has 0 aliphatic heterocycles. The Morgan fingerprint density at radius 1 is 0.941 bits per heavy atom. The zero-order chi connectivity index (χ0) is 38.0. The van der Waals surface area contributed by atoms with Gasteiger partial charge in [0, 0.05) is 43.4 Å². The van der Waals surface area contributed by atoms with E-state index in [1.165, 1.54) is 19.2 Å². The van der Waals surface area contributed by atoms with Crippen LogP contribution in [0.2, 0.25) is 0 Å². The van der Waals surface area contributed by atoms with Crippen LogP contribution in [0.5, 0.6) is 5.75 Å². The molecule has 0 saturated heterocycles. The van der Waals surface area contributed by atoms with E-state index in [4.69, 9.17) is 19.9 Å². The lowest BCUT2D eigenvalue weighted by Crippen LogP contribution is -2.27. The molecular formula is C38H49N7O6. The van der Waals surface area contributed by atoms with Crippen LogP contribution < -0.4 is 20.7 Å². The predicted molar refractivity (Wildman–Crippen MR) is 197 cm³/mol. The molecule has 2 aromatic rings. The molecule has 51 heavy (non-hydrogen) atoms. The lowest BCUT2D eigenvalue weighted by Gasteiger charge is -2.28. The molecule has 0 heterocycles. The summed E-state index contributed by atoms with van der Waals surface area (Å²) in [5.41, 5.74) is 7.59. The fourth-order valence-corrected chi connectivity index (χ4v) is 5.45. The molecule has 0 aliphatic rings. The van der Waals surface area contributed by atoms with Gasteiger partial charge in [-0.2, -0.15) is 10.5 Å². The standard InChI is InChI=1S/C38H49N7O6/c1-8-35(47)50-16-12-10-14-45(15-11-13-17-51-36(48)9-2)32-21-30(42-34(46)18-26(3)23-38(4,5)6)31(22-33(32)49-7)43-44-37-27(24-39)19-29(41)20-28(37)25-40/h8-9,19-22,26H,1-2,10-18,23,41H2,3-7H3,(H,42,46). The smallest absolute Gasteiger partial charge is 0.330 e. The Balaban J connectivity index is 2.58. The normalized spacial score (nSPS) is 11.5. The fourth-order valence-electron chi connectivity index (χ4n) is 5.45. The number of unbranched alkanes of at least 4 members (excludes halogenated alkanes) is 2. The maximum atomic E-state index is 13.4. The van der Waals surface area contributed by atoms with Crippen molar-refractivity contribution in [2.24, 2.45) is 21.6 Å². The molecule has 0 bridgehead atoms. The molecule has 13 nitrogen and oxygen atoms in total. The fraction of sp³-hybridized carbons (Fsp3) is 0.447. The van der Waals surface area contributed by atoms with Crippen LogP contribution in [0.1, 0.15) is 77.3 Å². The Hall–Kier alpha value is -5.69. The van der Waals surface area contributed by atoms with Gasteiger partial charge in [-0.3, -0.25) is 4.79 Å². The number of benzene rings is 2. The summed E-state index contributed by atoms with van der Waals surface area (Å²) in [5, 5.41) is 31.1. The molecule has 2 rings (SSSR count). The second-order valence-corrected chi connectivity index (χ2v) is 13.2. The summed E-state index contributed by atoms with van der Waals surface area (Å²) in [6.07, 6.45) is 5.80. The average molecular weight is 700 g/mol. The van der Waals surface area contributed by atoms with E-state index in [0.29, 0.717) is 55.9 Å². The number of nitrogens with one attached hydrogen (secondary N) is 1. The van der Waals surface area contributed by atoms with E-state index in [-0.39, 0.29) is 65.1 Å². The second-order valence-electron chi connectivity index (χ2n) is 13.2. The number of anilines is 3. The van der Waals surface area contributed by atoms with E-state index in [1.54, 1.807) is 12.1 Å². The van der Waals surface area contributed by atoms with Crippen molar-refractivity contribution in [2.45, 2.75) is 66.2 Å². The Morgan fingerprint density at radius 2 is 1.49 bits per heavy atom. The number of esters is 2. The van der Waals surface area contributed by atoms with Crippen molar-refractivity contribution in [2.75, 3.05) is 49.4 Å². The van der Waals surface area contributed by atoms with Gasteiger partial charge in [-0.1, -0.05) is 40.9 Å². The van der Waals surface area contributed by atoms with Crippen molar-refractivity contribution in [1.29, 1.82) is 10.5 Å². The third kappa shape index (κ3) is 14.4. The van der Waals surface area contributed by atoms with E-state index in [2.05, 4.69) is 54.4 Å². The first-order valence-electron chi connectivity index (χ1n) is 16.8. The topological polar surface area (TPSA) is 192 Å². The first kappa shape index (κ1) is 41.5. The van der Waals surface area contributed by atoms with Crippen LogP contribution in [0.15, 0.2) is 59.8 Å². The molecule has 0 spiro atoms. The number of carbonyl (C=O) groups is 3. The average Bonchev–Trinajstić information content (AvgIpc) is 3.08. The molecule has 1 unspecified atom stereocenters. The number of nitrogens with zero attached hydrogens (tertiary/aromatic N) is 5. The summed E-state index contributed by atoms with van der Waals surface area (Å²) < 4.78 is 16.1. The monoisotopic (exact) mass is 699 g/mol. The Labute approximate surface area is 300 Å². The minimum absolute atomic E-state index is 0.0385. The molecule has 0 aromatic heterocycles. The number of rotatable bonds is 20. The maximum absolute atomic E-state index is 13.4. The van der Waals surface area contributed by atoms with Gasteiger partial charge in [0.1, 0.15) is 29.3 Å². The van der Waals surface area contributed by atoms with Crippen LogP contribution >= 0.6 is 0 Å². The van der Waals surface area contributed by atoms with Crippen molar-refractivity contribution < 1.29 is 28.6 Å². The van der Waals surface area contributed by atoms with Gasteiger partial charge in [-0.25, -0.2) is 9.59 Å². The van der Waals surface area contributed by atoms with Crippen molar-refractivity contribution in [1.82, 2.24) is 0 Å². The number of ether oxygens (including phenoxy) is 3. The lowest BCUT2D eigenvalue weighted by atomic mass is 9.84. The Morgan fingerprint density at radius 3 is 1.96 bits per heavy atom. The SMILES string of the molecule is C=CC(=O)OCCCCN(CCCCOC(=O)C=C)c1cc(NC(=O)CC(C)CC(C)(C)C)c(N=Nc2c(C#N)cc(N)cc2C#N)cc1OC. The Bertz CT molecular complexity index is 1600. The molecule has 0 fully saturated rings. The number of nitrogens with two attached hydrogens (primary N) is 1. The van der Waals surface area contributed by atoms with E-state index in [1.807, 2.05) is 19.1 Å². The van der Waals surface area contributed by atoms with Crippen molar-refractivity contribution in [3.05, 3.63) is 60.7 Å². The zero-order valence-corrected chi connectivity index (χ0v) is 30.3. The Kier molecular flexibility index (Phi) is 16.9. The van der Waals surface area contributed by atoms with Gasteiger partial charge in [-0.05, 0) is 61.6 Å². The number of nitrogen functional groups attached to an aromatic ring is 1. The molecule has 0 saturated carbocycles. The van der Waals surface area contributed by atoms with Crippen LogP contribution in [-0.4, -0.2) is 51.3 Å². The lowest BCUT2D eigenvalue weighted by molar-refractivity contribution is -0.138. The van der Waals surface area contributed by atoms with E-state index < -0.39 is 11.9 Å². The minimum Gasteiger partial charge on any atom is -0.494 e. The molecule has 13 heteroatoms. The summed E-state index contributed by atoms with van der Waals surface area (Å²) in [6.45, 7) is 16.8. The van der Waals surface area contributed by atoms with Gasteiger partial charge < -0.3 is 30.2 Å². The third-order valence-corrected chi connectivity index (χ3v) is 7.50. The molecule has 272 valence electrons. The van der Waals surface area contributed by atoms with Crippen molar-refractivity contribution in [3.8, 4) is 17.9 Å². The molecular weight excluding hydrogens is 650 g/mol.